The average molecular weight is 428 g/mol. The van der Waals surface area contributed by atoms with Crippen molar-refractivity contribution >= 4 is 21.2 Å². The molecule has 0 bridgehead atoms. The molecule has 2 heterocycles. The molecule has 2 aromatic carbocycles. The van der Waals surface area contributed by atoms with Crippen LogP contribution in [0.1, 0.15) is 37.7 Å². The van der Waals surface area contributed by atoms with Gasteiger partial charge in [0.25, 0.3) is 0 Å². The Morgan fingerprint density at radius 2 is 1.87 bits per heavy atom. The third kappa shape index (κ3) is 3.74. The summed E-state index contributed by atoms with van der Waals surface area (Å²) in [5, 5.41) is 0. The first kappa shape index (κ1) is 20.9. The van der Waals surface area contributed by atoms with Gasteiger partial charge in [0.2, 0.25) is 9.84 Å². The molecule has 1 atom stereocenters. The van der Waals surface area contributed by atoms with Crippen LogP contribution in [0.25, 0.3) is 0 Å². The summed E-state index contributed by atoms with van der Waals surface area (Å²) in [6.45, 7) is 8.31. The van der Waals surface area contributed by atoms with Gasteiger partial charge in [-0.3, -0.25) is 0 Å². The van der Waals surface area contributed by atoms with Crippen molar-refractivity contribution in [2.24, 2.45) is 5.92 Å². The predicted octanol–water partition coefficient (Wildman–Crippen LogP) is 5.05. The van der Waals surface area contributed by atoms with E-state index in [4.69, 9.17) is 9.47 Å². The fraction of sp³-hybridized carbons (Fsp3) is 0.417. The number of sulfone groups is 1. The van der Waals surface area contributed by atoms with Crippen LogP contribution in [-0.4, -0.2) is 35.3 Å². The molecule has 5 nitrogen and oxygen atoms in total. The van der Waals surface area contributed by atoms with Crippen molar-refractivity contribution < 1.29 is 17.9 Å². The lowest BCUT2D eigenvalue weighted by atomic mass is 9.84. The molecule has 0 saturated carbocycles. The molecule has 0 aromatic heterocycles. The largest absolute Gasteiger partial charge is 0.498 e. The molecule has 0 radical (unpaired) electrons. The van der Waals surface area contributed by atoms with E-state index in [0.29, 0.717) is 33.7 Å². The minimum Gasteiger partial charge on any atom is -0.498 e. The fourth-order valence-electron chi connectivity index (χ4n) is 4.51. The normalized spacial score (nSPS) is 18.9. The minimum absolute atomic E-state index is 0.0200. The van der Waals surface area contributed by atoms with E-state index in [9.17, 15) is 8.42 Å². The quantitative estimate of drug-likeness (QED) is 0.604. The molecule has 2 aliphatic heterocycles. The second kappa shape index (κ2) is 8.44. The second-order valence-corrected chi connectivity index (χ2v) is 9.89. The topological polar surface area (TPSA) is 55.8 Å². The van der Waals surface area contributed by atoms with E-state index >= 15 is 0 Å². The van der Waals surface area contributed by atoms with Gasteiger partial charge in [-0.25, -0.2) is 8.42 Å². The molecular weight excluding hydrogens is 398 g/mol. The van der Waals surface area contributed by atoms with Gasteiger partial charge in [-0.1, -0.05) is 24.8 Å². The molecule has 160 valence electrons. The third-order valence-corrected chi connectivity index (χ3v) is 8.03. The van der Waals surface area contributed by atoms with Crippen LogP contribution in [0.2, 0.25) is 0 Å². The molecular formula is C24H29NO4S. The summed E-state index contributed by atoms with van der Waals surface area (Å²) in [6.07, 6.45) is 2.99. The first-order chi connectivity index (χ1) is 14.4. The molecule has 1 unspecified atom stereocenters. The molecule has 2 aromatic rings. The lowest BCUT2D eigenvalue weighted by Crippen LogP contribution is -2.23. The standard InChI is InChI=1S/C24H29NO4S/c1-4-29-17(2)20(15-18-11-13-28-14-12-18)19-9-10-24-22(16-19)25(3)21-7-5-6-8-23(21)30(24,26)27/h5-10,16,18,20H,2,4,11-15H2,1,3H3. The highest BCUT2D eigenvalue weighted by molar-refractivity contribution is 7.92. The number of benzene rings is 2. The molecule has 0 spiro atoms. The Labute approximate surface area is 179 Å². The summed E-state index contributed by atoms with van der Waals surface area (Å²) >= 11 is 0. The zero-order valence-electron chi connectivity index (χ0n) is 17.6. The van der Waals surface area contributed by atoms with Gasteiger partial charge in [-0.05, 0) is 61.9 Å². The van der Waals surface area contributed by atoms with Gasteiger partial charge in [0.05, 0.1) is 33.5 Å². The van der Waals surface area contributed by atoms with Gasteiger partial charge in [-0.2, -0.15) is 0 Å². The van der Waals surface area contributed by atoms with Crippen LogP contribution >= 0.6 is 0 Å². The minimum atomic E-state index is -3.55. The Hall–Kier alpha value is -2.31. The lowest BCUT2D eigenvalue weighted by molar-refractivity contribution is 0.0602. The van der Waals surface area contributed by atoms with Crippen molar-refractivity contribution in [2.45, 2.75) is 41.9 Å². The highest BCUT2D eigenvalue weighted by Gasteiger charge is 2.33. The van der Waals surface area contributed by atoms with E-state index < -0.39 is 9.84 Å². The highest BCUT2D eigenvalue weighted by Crippen LogP contribution is 2.45. The number of hydrogen-bond donors (Lipinski definition) is 0. The SMILES string of the molecule is C=C(OCC)C(CC1CCOCC1)c1ccc2c(c1)N(C)c1ccccc1S2(=O)=O. The van der Waals surface area contributed by atoms with Gasteiger partial charge in [0.1, 0.15) is 0 Å². The molecule has 6 heteroatoms. The van der Waals surface area contributed by atoms with Gasteiger partial charge in [-0.15, -0.1) is 0 Å². The number of allylic oxidation sites excluding steroid dienone is 1. The Balaban J connectivity index is 1.74. The molecule has 2 aliphatic rings. The Morgan fingerprint density at radius 1 is 1.17 bits per heavy atom. The van der Waals surface area contributed by atoms with Crippen LogP contribution in [0.15, 0.2) is 64.6 Å². The van der Waals surface area contributed by atoms with E-state index in [1.54, 1.807) is 18.2 Å². The lowest BCUT2D eigenvalue weighted by Gasteiger charge is -2.32. The van der Waals surface area contributed by atoms with Crippen molar-refractivity contribution in [3.8, 4) is 0 Å². The molecule has 1 fully saturated rings. The molecule has 0 N–H and O–H groups in total. The average Bonchev–Trinajstić information content (AvgIpc) is 2.76. The van der Waals surface area contributed by atoms with Crippen molar-refractivity contribution in [1.82, 2.24) is 0 Å². The van der Waals surface area contributed by atoms with E-state index in [2.05, 4.69) is 6.58 Å². The van der Waals surface area contributed by atoms with Crippen LogP contribution in [0, 0.1) is 5.92 Å². The van der Waals surface area contributed by atoms with Crippen LogP contribution in [0.5, 0.6) is 0 Å². The van der Waals surface area contributed by atoms with Crippen LogP contribution < -0.4 is 4.90 Å². The van der Waals surface area contributed by atoms with Crippen LogP contribution in [0.3, 0.4) is 0 Å². The maximum absolute atomic E-state index is 13.2. The Kier molecular flexibility index (Phi) is 5.89. The maximum Gasteiger partial charge on any atom is 0.210 e. The summed E-state index contributed by atoms with van der Waals surface area (Å²) in [7, 11) is -1.63. The van der Waals surface area contributed by atoms with E-state index in [1.807, 2.05) is 43.1 Å². The Bertz CT molecular complexity index is 1040. The summed E-state index contributed by atoms with van der Waals surface area (Å²) in [4.78, 5) is 2.66. The number of ether oxygens (including phenoxy) is 2. The van der Waals surface area contributed by atoms with Gasteiger partial charge < -0.3 is 14.4 Å². The monoisotopic (exact) mass is 427 g/mol. The van der Waals surface area contributed by atoms with Gasteiger partial charge >= 0.3 is 0 Å². The number of nitrogens with zero attached hydrogens (tertiary/aromatic N) is 1. The summed E-state index contributed by atoms with van der Waals surface area (Å²) < 4.78 is 37.7. The number of anilines is 2. The van der Waals surface area contributed by atoms with Crippen molar-refractivity contribution in [3.05, 3.63) is 60.4 Å². The molecule has 30 heavy (non-hydrogen) atoms. The summed E-state index contributed by atoms with van der Waals surface area (Å²) in [6, 6.07) is 12.8. The van der Waals surface area contributed by atoms with E-state index in [1.165, 1.54) is 0 Å². The van der Waals surface area contributed by atoms with Crippen molar-refractivity contribution in [3.63, 3.8) is 0 Å². The number of hydrogen-bond acceptors (Lipinski definition) is 5. The first-order valence-electron chi connectivity index (χ1n) is 10.5. The molecule has 1 saturated heterocycles. The second-order valence-electron chi connectivity index (χ2n) is 8.00. The zero-order valence-corrected chi connectivity index (χ0v) is 18.5. The van der Waals surface area contributed by atoms with Gasteiger partial charge in [0.15, 0.2) is 0 Å². The Morgan fingerprint density at radius 3 is 2.60 bits per heavy atom. The fourth-order valence-corrected chi connectivity index (χ4v) is 6.20. The van der Waals surface area contributed by atoms with Crippen molar-refractivity contribution in [2.75, 3.05) is 31.8 Å². The first-order valence-corrected chi connectivity index (χ1v) is 12.0. The highest BCUT2D eigenvalue weighted by atomic mass is 32.2. The summed E-state index contributed by atoms with van der Waals surface area (Å²) in [5.41, 5.74) is 2.44. The smallest absolute Gasteiger partial charge is 0.210 e. The summed E-state index contributed by atoms with van der Waals surface area (Å²) in [5.74, 6) is 1.30. The van der Waals surface area contributed by atoms with E-state index in [-0.39, 0.29) is 5.92 Å². The van der Waals surface area contributed by atoms with Crippen LogP contribution in [0.4, 0.5) is 11.4 Å². The maximum atomic E-state index is 13.2. The molecule has 0 aliphatic carbocycles. The van der Waals surface area contributed by atoms with Crippen LogP contribution in [-0.2, 0) is 19.3 Å². The molecule has 4 rings (SSSR count). The van der Waals surface area contributed by atoms with E-state index in [0.717, 1.165) is 43.8 Å². The number of rotatable bonds is 6. The van der Waals surface area contributed by atoms with Gasteiger partial charge in [0, 0.05) is 26.2 Å². The predicted molar refractivity (Wildman–Crippen MR) is 118 cm³/mol. The molecule has 0 amide bonds. The number of para-hydroxylation sites is 1. The third-order valence-electron chi connectivity index (χ3n) is 6.18. The zero-order chi connectivity index (χ0) is 21.3. The number of fused-ring (bicyclic) bond motifs is 2. The van der Waals surface area contributed by atoms with Crippen molar-refractivity contribution in [1.29, 1.82) is 0 Å².